The molecule has 128 valence electrons. The molecule has 1 amide bonds. The molecule has 0 aliphatic carbocycles. The Balaban J connectivity index is 1.90. The van der Waals surface area contributed by atoms with Gasteiger partial charge < -0.3 is 5.32 Å². The van der Waals surface area contributed by atoms with E-state index in [2.05, 4.69) is 50.4 Å². The third kappa shape index (κ3) is 5.17. The minimum Gasteiger partial charge on any atom is -0.322 e. The van der Waals surface area contributed by atoms with E-state index in [9.17, 15) is 9.18 Å². The number of likely N-dealkylation sites (N-methyl/N-ethyl adjacent to an activating group) is 1. The third-order valence-corrected chi connectivity index (χ3v) is 3.83. The SMILES string of the molecule is CN(CC(=O)Nc1ccccc1F)Cc1ccc(C(C)(C)C)cc1. The summed E-state index contributed by atoms with van der Waals surface area (Å²) >= 11 is 0. The molecule has 0 aliphatic rings. The lowest BCUT2D eigenvalue weighted by Crippen LogP contribution is -2.30. The number of para-hydroxylation sites is 1. The van der Waals surface area contributed by atoms with Gasteiger partial charge in [-0.25, -0.2) is 4.39 Å². The number of nitrogens with zero attached hydrogens (tertiary/aromatic N) is 1. The zero-order valence-electron chi connectivity index (χ0n) is 14.8. The maximum absolute atomic E-state index is 13.5. The maximum Gasteiger partial charge on any atom is 0.238 e. The Bertz CT molecular complexity index is 690. The number of rotatable bonds is 5. The summed E-state index contributed by atoms with van der Waals surface area (Å²) in [6.07, 6.45) is 0. The van der Waals surface area contributed by atoms with Gasteiger partial charge in [-0.2, -0.15) is 0 Å². The van der Waals surface area contributed by atoms with Crippen LogP contribution in [0.2, 0.25) is 0 Å². The number of amides is 1. The molecule has 2 rings (SSSR count). The van der Waals surface area contributed by atoms with E-state index < -0.39 is 5.82 Å². The standard InChI is InChI=1S/C20H25FN2O/c1-20(2,3)16-11-9-15(10-12-16)13-23(4)14-19(24)22-18-8-6-5-7-17(18)21/h5-12H,13-14H2,1-4H3,(H,22,24). The average molecular weight is 328 g/mol. The van der Waals surface area contributed by atoms with Crippen LogP contribution in [0.1, 0.15) is 31.9 Å². The summed E-state index contributed by atoms with van der Waals surface area (Å²) in [7, 11) is 1.87. The molecule has 0 heterocycles. The van der Waals surface area contributed by atoms with Crippen molar-refractivity contribution in [2.75, 3.05) is 18.9 Å². The van der Waals surface area contributed by atoms with Gasteiger partial charge in [0.25, 0.3) is 0 Å². The van der Waals surface area contributed by atoms with E-state index in [1.165, 1.54) is 11.6 Å². The van der Waals surface area contributed by atoms with E-state index in [1.54, 1.807) is 18.2 Å². The van der Waals surface area contributed by atoms with Crippen molar-refractivity contribution in [2.45, 2.75) is 32.7 Å². The van der Waals surface area contributed by atoms with Crippen molar-refractivity contribution < 1.29 is 9.18 Å². The Morgan fingerprint density at radius 3 is 2.29 bits per heavy atom. The molecule has 0 unspecified atom stereocenters. The molecule has 0 aromatic heterocycles. The van der Waals surface area contributed by atoms with E-state index in [0.29, 0.717) is 6.54 Å². The topological polar surface area (TPSA) is 32.3 Å². The first-order valence-corrected chi connectivity index (χ1v) is 8.08. The molecule has 0 saturated carbocycles. The van der Waals surface area contributed by atoms with E-state index in [-0.39, 0.29) is 23.6 Å². The molecule has 0 atom stereocenters. The molecule has 2 aromatic carbocycles. The van der Waals surface area contributed by atoms with Crippen LogP contribution in [-0.4, -0.2) is 24.4 Å². The molecule has 24 heavy (non-hydrogen) atoms. The zero-order chi connectivity index (χ0) is 17.7. The van der Waals surface area contributed by atoms with E-state index >= 15 is 0 Å². The smallest absolute Gasteiger partial charge is 0.238 e. The third-order valence-electron chi connectivity index (χ3n) is 3.83. The van der Waals surface area contributed by atoms with Crippen LogP contribution in [0.15, 0.2) is 48.5 Å². The fourth-order valence-corrected chi connectivity index (χ4v) is 2.48. The molecule has 4 heteroatoms. The second-order valence-corrected chi connectivity index (χ2v) is 7.15. The van der Waals surface area contributed by atoms with Gasteiger partial charge in [-0.1, -0.05) is 57.2 Å². The zero-order valence-corrected chi connectivity index (χ0v) is 14.8. The largest absolute Gasteiger partial charge is 0.322 e. The Morgan fingerprint density at radius 1 is 1.08 bits per heavy atom. The highest BCUT2D eigenvalue weighted by Crippen LogP contribution is 2.22. The van der Waals surface area contributed by atoms with Crippen LogP contribution in [0.3, 0.4) is 0 Å². The number of carbonyl (C=O) groups is 1. The summed E-state index contributed by atoms with van der Waals surface area (Å²) in [6.45, 7) is 7.41. The normalized spacial score (nSPS) is 11.6. The van der Waals surface area contributed by atoms with E-state index in [1.807, 2.05) is 11.9 Å². The molecule has 0 saturated heterocycles. The van der Waals surface area contributed by atoms with Gasteiger partial charge in [0.1, 0.15) is 5.82 Å². The monoisotopic (exact) mass is 328 g/mol. The van der Waals surface area contributed by atoms with Crippen LogP contribution in [-0.2, 0) is 16.8 Å². The van der Waals surface area contributed by atoms with Crippen molar-refractivity contribution in [1.29, 1.82) is 0 Å². The van der Waals surface area contributed by atoms with Gasteiger partial charge in [0.15, 0.2) is 0 Å². The second-order valence-electron chi connectivity index (χ2n) is 7.15. The molecule has 2 aromatic rings. The quantitative estimate of drug-likeness (QED) is 0.892. The summed E-state index contributed by atoms with van der Waals surface area (Å²) in [5.74, 6) is -0.653. The van der Waals surface area contributed by atoms with Crippen molar-refractivity contribution in [3.05, 3.63) is 65.5 Å². The summed E-state index contributed by atoms with van der Waals surface area (Å²) in [5.41, 5.74) is 2.77. The molecular formula is C20H25FN2O. The van der Waals surface area contributed by atoms with Crippen molar-refractivity contribution in [3.63, 3.8) is 0 Å². The number of hydrogen-bond donors (Lipinski definition) is 1. The fraction of sp³-hybridized carbons (Fsp3) is 0.350. The highest BCUT2D eigenvalue weighted by Gasteiger charge is 2.14. The number of carbonyl (C=O) groups excluding carboxylic acids is 1. The lowest BCUT2D eigenvalue weighted by Gasteiger charge is -2.20. The van der Waals surface area contributed by atoms with Gasteiger partial charge in [0.2, 0.25) is 5.91 Å². The summed E-state index contributed by atoms with van der Waals surface area (Å²) in [4.78, 5) is 13.9. The molecule has 0 radical (unpaired) electrons. The van der Waals surface area contributed by atoms with Crippen LogP contribution in [0, 0.1) is 5.82 Å². The van der Waals surface area contributed by atoms with Crippen LogP contribution in [0.25, 0.3) is 0 Å². The Labute approximate surface area is 143 Å². The van der Waals surface area contributed by atoms with Gasteiger partial charge in [0.05, 0.1) is 12.2 Å². The average Bonchev–Trinajstić information content (AvgIpc) is 2.49. The van der Waals surface area contributed by atoms with Gasteiger partial charge in [0, 0.05) is 6.54 Å². The molecule has 0 aliphatic heterocycles. The first-order valence-electron chi connectivity index (χ1n) is 8.08. The van der Waals surface area contributed by atoms with Gasteiger partial charge in [-0.05, 0) is 35.7 Å². The van der Waals surface area contributed by atoms with Gasteiger partial charge in [-0.15, -0.1) is 0 Å². The Hall–Kier alpha value is -2.20. The number of hydrogen-bond acceptors (Lipinski definition) is 2. The predicted octanol–water partition coefficient (Wildman–Crippen LogP) is 4.19. The summed E-state index contributed by atoms with van der Waals surface area (Å²) < 4.78 is 13.5. The van der Waals surface area contributed by atoms with Crippen molar-refractivity contribution in [2.24, 2.45) is 0 Å². The van der Waals surface area contributed by atoms with Crippen LogP contribution in [0.5, 0.6) is 0 Å². The van der Waals surface area contributed by atoms with Crippen LogP contribution >= 0.6 is 0 Å². The highest BCUT2D eigenvalue weighted by atomic mass is 19.1. The second kappa shape index (κ2) is 7.58. The van der Waals surface area contributed by atoms with Crippen molar-refractivity contribution in [1.82, 2.24) is 4.90 Å². The van der Waals surface area contributed by atoms with E-state index in [4.69, 9.17) is 0 Å². The van der Waals surface area contributed by atoms with Gasteiger partial charge >= 0.3 is 0 Å². The lowest BCUT2D eigenvalue weighted by molar-refractivity contribution is -0.117. The minimum absolute atomic E-state index is 0.129. The number of anilines is 1. The Morgan fingerprint density at radius 2 is 1.71 bits per heavy atom. The molecule has 3 nitrogen and oxygen atoms in total. The number of halogens is 1. The van der Waals surface area contributed by atoms with Crippen LogP contribution < -0.4 is 5.32 Å². The van der Waals surface area contributed by atoms with Gasteiger partial charge in [-0.3, -0.25) is 9.69 Å². The highest BCUT2D eigenvalue weighted by molar-refractivity contribution is 5.92. The van der Waals surface area contributed by atoms with Crippen LogP contribution in [0.4, 0.5) is 10.1 Å². The fourth-order valence-electron chi connectivity index (χ4n) is 2.48. The molecule has 0 spiro atoms. The first kappa shape index (κ1) is 18.1. The maximum atomic E-state index is 13.5. The molecular weight excluding hydrogens is 303 g/mol. The first-order chi connectivity index (χ1) is 11.3. The van der Waals surface area contributed by atoms with Crippen molar-refractivity contribution in [3.8, 4) is 0 Å². The van der Waals surface area contributed by atoms with Crippen molar-refractivity contribution >= 4 is 11.6 Å². The Kier molecular flexibility index (Phi) is 5.73. The minimum atomic E-state index is -0.425. The molecule has 0 fully saturated rings. The van der Waals surface area contributed by atoms with E-state index in [0.717, 1.165) is 5.56 Å². The number of nitrogens with one attached hydrogen (secondary N) is 1. The number of benzene rings is 2. The predicted molar refractivity (Wildman–Crippen MR) is 96.5 cm³/mol. The molecule has 0 bridgehead atoms. The molecule has 1 N–H and O–H groups in total. The summed E-state index contributed by atoms with van der Waals surface area (Å²) in [5, 5.41) is 2.60. The summed E-state index contributed by atoms with van der Waals surface area (Å²) in [6, 6.07) is 14.6. The lowest BCUT2D eigenvalue weighted by atomic mass is 9.87.